The van der Waals surface area contributed by atoms with Crippen LogP contribution in [0.4, 0.5) is 5.69 Å². The van der Waals surface area contributed by atoms with Gasteiger partial charge < -0.3 is 14.2 Å². The van der Waals surface area contributed by atoms with Gasteiger partial charge >= 0.3 is 5.97 Å². The van der Waals surface area contributed by atoms with E-state index >= 15 is 0 Å². The van der Waals surface area contributed by atoms with E-state index in [0.717, 1.165) is 11.3 Å². The summed E-state index contributed by atoms with van der Waals surface area (Å²) in [4.78, 5) is 16.7. The molecule has 0 amide bonds. The fourth-order valence-electron chi connectivity index (χ4n) is 2.18. The summed E-state index contributed by atoms with van der Waals surface area (Å²) < 4.78 is 15.5. The Morgan fingerprint density at radius 2 is 1.79 bits per heavy atom. The summed E-state index contributed by atoms with van der Waals surface area (Å²) in [6.45, 7) is 2.10. The van der Waals surface area contributed by atoms with Crippen LogP contribution < -0.4 is 9.47 Å². The SMILES string of the molecule is CCOC(=O)C(C=Nc1cccc(OC)c1)c1ccc(OC)cc1. The highest BCUT2D eigenvalue weighted by Crippen LogP contribution is 2.23. The zero-order valence-electron chi connectivity index (χ0n) is 14.1. The number of benzene rings is 2. The molecule has 1 unspecified atom stereocenters. The van der Waals surface area contributed by atoms with Gasteiger partial charge in [0.05, 0.1) is 26.5 Å². The number of methoxy groups -OCH3 is 2. The maximum Gasteiger partial charge on any atom is 0.318 e. The molecule has 0 N–H and O–H groups in total. The standard InChI is InChI=1S/C19H21NO4/c1-4-24-19(21)18(14-8-10-16(22-2)11-9-14)13-20-15-6-5-7-17(12-15)23-3/h5-13,18H,4H2,1-3H3. The average molecular weight is 327 g/mol. The van der Waals surface area contributed by atoms with E-state index in [1.165, 1.54) is 0 Å². The maximum atomic E-state index is 12.3. The van der Waals surface area contributed by atoms with Crippen molar-refractivity contribution in [3.63, 3.8) is 0 Å². The van der Waals surface area contributed by atoms with E-state index in [9.17, 15) is 4.79 Å². The highest BCUT2D eigenvalue weighted by atomic mass is 16.5. The van der Waals surface area contributed by atoms with Gasteiger partial charge in [0.15, 0.2) is 0 Å². The zero-order chi connectivity index (χ0) is 17.4. The number of aliphatic imine (C=N–C) groups is 1. The third kappa shape index (κ3) is 4.59. The molecular formula is C19H21NO4. The predicted molar refractivity (Wildman–Crippen MR) is 93.5 cm³/mol. The van der Waals surface area contributed by atoms with Gasteiger partial charge in [-0.2, -0.15) is 0 Å². The average Bonchev–Trinajstić information content (AvgIpc) is 2.63. The summed E-state index contributed by atoms with van der Waals surface area (Å²) in [5.41, 5.74) is 1.50. The summed E-state index contributed by atoms with van der Waals surface area (Å²) >= 11 is 0. The number of esters is 1. The van der Waals surface area contributed by atoms with Gasteiger partial charge in [0, 0.05) is 12.3 Å². The minimum atomic E-state index is -0.581. The van der Waals surface area contributed by atoms with E-state index in [0.29, 0.717) is 18.0 Å². The molecule has 0 fully saturated rings. The van der Waals surface area contributed by atoms with E-state index in [1.54, 1.807) is 45.6 Å². The predicted octanol–water partition coefficient (Wildman–Crippen LogP) is 3.75. The Hall–Kier alpha value is -2.82. The molecule has 0 aliphatic rings. The highest BCUT2D eigenvalue weighted by molar-refractivity contribution is 5.96. The molecule has 24 heavy (non-hydrogen) atoms. The third-order valence-electron chi connectivity index (χ3n) is 3.44. The van der Waals surface area contributed by atoms with Crippen LogP contribution in [0, 0.1) is 0 Å². The van der Waals surface area contributed by atoms with Crippen molar-refractivity contribution in [3.8, 4) is 11.5 Å². The fraction of sp³-hybridized carbons (Fsp3) is 0.263. The first-order valence-electron chi connectivity index (χ1n) is 7.66. The second-order valence-electron chi connectivity index (χ2n) is 4.98. The molecule has 0 aliphatic carbocycles. The van der Waals surface area contributed by atoms with Gasteiger partial charge in [-0.05, 0) is 36.8 Å². The summed E-state index contributed by atoms with van der Waals surface area (Å²) in [5, 5.41) is 0. The molecule has 0 aliphatic heterocycles. The summed E-state index contributed by atoms with van der Waals surface area (Å²) in [5.74, 6) is 0.518. The van der Waals surface area contributed by atoms with Crippen molar-refractivity contribution < 1.29 is 19.0 Å². The van der Waals surface area contributed by atoms with Gasteiger partial charge in [0.25, 0.3) is 0 Å². The number of nitrogens with zero attached hydrogens (tertiary/aromatic N) is 1. The van der Waals surface area contributed by atoms with Gasteiger partial charge in [-0.15, -0.1) is 0 Å². The molecule has 0 radical (unpaired) electrons. The molecule has 2 rings (SSSR count). The first-order chi connectivity index (χ1) is 11.7. The van der Waals surface area contributed by atoms with Crippen LogP contribution in [0.2, 0.25) is 0 Å². The van der Waals surface area contributed by atoms with Gasteiger partial charge in [-0.25, -0.2) is 0 Å². The molecule has 0 saturated carbocycles. The van der Waals surface area contributed by atoms with Gasteiger partial charge in [0.1, 0.15) is 17.4 Å². The molecule has 126 valence electrons. The van der Waals surface area contributed by atoms with Crippen LogP contribution >= 0.6 is 0 Å². The Morgan fingerprint density at radius 1 is 1.08 bits per heavy atom. The Kier molecular flexibility index (Phi) is 6.37. The fourth-order valence-corrected chi connectivity index (χ4v) is 2.18. The van der Waals surface area contributed by atoms with Crippen LogP contribution in [-0.2, 0) is 9.53 Å². The summed E-state index contributed by atoms with van der Waals surface area (Å²) in [7, 11) is 3.20. The number of carbonyl (C=O) groups is 1. The highest BCUT2D eigenvalue weighted by Gasteiger charge is 2.20. The van der Waals surface area contributed by atoms with Crippen molar-refractivity contribution in [1.82, 2.24) is 0 Å². The number of hydrogen-bond donors (Lipinski definition) is 0. The van der Waals surface area contributed by atoms with Crippen molar-refractivity contribution >= 4 is 17.9 Å². The van der Waals surface area contributed by atoms with Crippen LogP contribution in [-0.4, -0.2) is 33.0 Å². The Bertz CT molecular complexity index is 695. The minimum absolute atomic E-state index is 0.318. The van der Waals surface area contributed by atoms with Crippen LogP contribution in [0.15, 0.2) is 53.5 Å². The third-order valence-corrected chi connectivity index (χ3v) is 3.44. The largest absolute Gasteiger partial charge is 0.497 e. The van der Waals surface area contributed by atoms with E-state index < -0.39 is 5.92 Å². The lowest BCUT2D eigenvalue weighted by Gasteiger charge is -2.12. The topological polar surface area (TPSA) is 57.1 Å². The van der Waals surface area contributed by atoms with Crippen LogP contribution in [0.3, 0.4) is 0 Å². The van der Waals surface area contributed by atoms with Crippen molar-refractivity contribution in [3.05, 3.63) is 54.1 Å². The number of hydrogen-bond acceptors (Lipinski definition) is 5. The summed E-state index contributed by atoms with van der Waals surface area (Å²) in [6, 6.07) is 14.6. The van der Waals surface area contributed by atoms with Crippen molar-refractivity contribution in [2.24, 2.45) is 4.99 Å². The zero-order valence-corrected chi connectivity index (χ0v) is 14.1. The van der Waals surface area contributed by atoms with Crippen molar-refractivity contribution in [2.45, 2.75) is 12.8 Å². The molecule has 0 aromatic heterocycles. The first kappa shape index (κ1) is 17.5. The molecule has 2 aromatic rings. The Labute approximate surface area is 141 Å². The number of ether oxygens (including phenoxy) is 3. The van der Waals surface area contributed by atoms with Crippen LogP contribution in [0.5, 0.6) is 11.5 Å². The second kappa shape index (κ2) is 8.72. The number of rotatable bonds is 7. The van der Waals surface area contributed by atoms with Gasteiger partial charge in [-0.3, -0.25) is 9.79 Å². The van der Waals surface area contributed by atoms with Crippen LogP contribution in [0.1, 0.15) is 18.4 Å². The van der Waals surface area contributed by atoms with E-state index in [1.807, 2.05) is 30.3 Å². The quantitative estimate of drug-likeness (QED) is 0.574. The van der Waals surface area contributed by atoms with E-state index in [-0.39, 0.29) is 5.97 Å². The Balaban J connectivity index is 2.27. The molecule has 0 spiro atoms. The van der Waals surface area contributed by atoms with Gasteiger partial charge in [0.2, 0.25) is 0 Å². The molecule has 0 heterocycles. The molecule has 5 nitrogen and oxygen atoms in total. The van der Waals surface area contributed by atoms with Crippen LogP contribution in [0.25, 0.3) is 0 Å². The van der Waals surface area contributed by atoms with Gasteiger partial charge in [-0.1, -0.05) is 18.2 Å². The second-order valence-corrected chi connectivity index (χ2v) is 4.98. The molecule has 5 heteroatoms. The lowest BCUT2D eigenvalue weighted by Crippen LogP contribution is -2.17. The molecule has 1 atom stereocenters. The smallest absolute Gasteiger partial charge is 0.318 e. The maximum absolute atomic E-state index is 12.3. The van der Waals surface area contributed by atoms with E-state index in [4.69, 9.17) is 14.2 Å². The summed E-state index contributed by atoms with van der Waals surface area (Å²) in [6.07, 6.45) is 1.59. The monoisotopic (exact) mass is 327 g/mol. The lowest BCUT2D eigenvalue weighted by atomic mass is 10.0. The van der Waals surface area contributed by atoms with Crippen molar-refractivity contribution in [2.75, 3.05) is 20.8 Å². The molecule has 2 aromatic carbocycles. The Morgan fingerprint density at radius 3 is 2.42 bits per heavy atom. The lowest BCUT2D eigenvalue weighted by molar-refractivity contribution is -0.143. The van der Waals surface area contributed by atoms with E-state index in [2.05, 4.69) is 4.99 Å². The normalized spacial score (nSPS) is 12.0. The first-order valence-corrected chi connectivity index (χ1v) is 7.66. The molecule has 0 saturated heterocycles. The number of carbonyl (C=O) groups excluding carboxylic acids is 1. The van der Waals surface area contributed by atoms with Crippen molar-refractivity contribution in [1.29, 1.82) is 0 Å². The molecule has 0 bridgehead atoms. The molecular weight excluding hydrogens is 306 g/mol. The minimum Gasteiger partial charge on any atom is -0.497 e.